The highest BCUT2D eigenvalue weighted by Crippen LogP contribution is 2.22. The van der Waals surface area contributed by atoms with Gasteiger partial charge in [0, 0.05) is 0 Å². The highest BCUT2D eigenvalue weighted by Gasteiger charge is 2.06. The molecule has 0 aromatic carbocycles. The van der Waals surface area contributed by atoms with Crippen molar-refractivity contribution in [3.05, 3.63) is 0 Å². The fourth-order valence-electron chi connectivity index (χ4n) is 0.838. The highest BCUT2D eigenvalue weighted by atomic mass is 127. The summed E-state index contributed by atoms with van der Waals surface area (Å²) in [6, 6.07) is 0. The van der Waals surface area contributed by atoms with Crippen LogP contribution >= 0.6 is 20.7 Å². The van der Waals surface area contributed by atoms with Crippen LogP contribution in [0.1, 0.15) is 26.2 Å². The molecule has 1 aliphatic heterocycles. The molecule has 0 aliphatic carbocycles. The zero-order valence-corrected chi connectivity index (χ0v) is 7.18. The Morgan fingerprint density at radius 1 is 1.75 bits per heavy atom. The maximum atomic E-state index is 9.11. The summed E-state index contributed by atoms with van der Waals surface area (Å²) >= 11 is 0.0614. The van der Waals surface area contributed by atoms with Crippen LogP contribution in [0.25, 0.3) is 0 Å². The van der Waals surface area contributed by atoms with Gasteiger partial charge in [0.15, 0.2) is 0 Å². The molecule has 8 heavy (non-hydrogen) atoms. The van der Waals surface area contributed by atoms with Crippen LogP contribution in [0.4, 0.5) is 0 Å². The van der Waals surface area contributed by atoms with Crippen molar-refractivity contribution in [2.45, 2.75) is 30.3 Å². The van der Waals surface area contributed by atoms with Gasteiger partial charge < -0.3 is 5.11 Å². The molecular formula is C6H11IO. The second-order valence-corrected chi connectivity index (χ2v) is 6.01. The first-order valence-corrected chi connectivity index (χ1v) is 5.25. The summed E-state index contributed by atoms with van der Waals surface area (Å²) in [5.41, 5.74) is 0. The van der Waals surface area contributed by atoms with Gasteiger partial charge in [-0.15, -0.1) is 0 Å². The number of rotatable bonds is 0. The summed E-state index contributed by atoms with van der Waals surface area (Å²) in [7, 11) is 0. The molecule has 0 radical (unpaired) electrons. The van der Waals surface area contributed by atoms with E-state index in [0.717, 1.165) is 6.42 Å². The largest absolute Gasteiger partial charge is 0.383 e. The van der Waals surface area contributed by atoms with Crippen LogP contribution in [0, 0.1) is 0 Å². The highest BCUT2D eigenvalue weighted by molar-refractivity contribution is 14.2. The van der Waals surface area contributed by atoms with E-state index in [-0.39, 0.29) is 24.8 Å². The molecule has 1 heterocycles. The van der Waals surface area contributed by atoms with Crippen LogP contribution in [0.5, 0.6) is 0 Å². The van der Waals surface area contributed by atoms with Crippen molar-refractivity contribution in [3.63, 3.8) is 0 Å². The summed E-state index contributed by atoms with van der Waals surface area (Å²) in [5, 5.41) is 9.11. The van der Waals surface area contributed by atoms with Gasteiger partial charge in [-0.3, -0.25) is 0 Å². The Labute approximate surface area is 59.8 Å². The average Bonchev–Trinajstić information content (AvgIpc) is 1.64. The molecule has 2 heteroatoms. The van der Waals surface area contributed by atoms with Crippen LogP contribution in [0.3, 0.4) is 0 Å². The lowest BCUT2D eigenvalue weighted by Gasteiger charge is -2.11. The topological polar surface area (TPSA) is 20.2 Å². The van der Waals surface area contributed by atoms with E-state index >= 15 is 0 Å². The number of hydrogen-bond donors (Lipinski definition) is 1. The lowest BCUT2D eigenvalue weighted by molar-refractivity contribution is 0.265. The number of alkyl halides is 1. The average molecular weight is 226 g/mol. The molecule has 1 atom stereocenters. The van der Waals surface area contributed by atoms with E-state index in [9.17, 15) is 0 Å². The Kier molecular flexibility index (Phi) is 2.43. The first-order chi connectivity index (χ1) is 3.79. The van der Waals surface area contributed by atoms with E-state index in [1.54, 1.807) is 3.51 Å². The monoisotopic (exact) mass is 226 g/mol. The molecule has 0 bridgehead atoms. The summed E-state index contributed by atoms with van der Waals surface area (Å²) in [5.74, 6) is 0. The molecule has 0 spiro atoms. The van der Waals surface area contributed by atoms with Crippen LogP contribution in [-0.4, -0.2) is 12.7 Å². The Hall–Kier alpha value is 0.560. The second kappa shape index (κ2) is 2.92. The summed E-state index contributed by atoms with van der Waals surface area (Å²) in [6.07, 6.45) is 3.56. The van der Waals surface area contributed by atoms with Crippen LogP contribution in [-0.2, 0) is 0 Å². The molecule has 1 rings (SSSR count). The Morgan fingerprint density at radius 3 is 2.88 bits per heavy atom. The second-order valence-electron chi connectivity index (χ2n) is 2.11. The van der Waals surface area contributed by atoms with Gasteiger partial charge in [-0.05, 0) is 29.7 Å². The minimum absolute atomic E-state index is 0.0614. The van der Waals surface area contributed by atoms with E-state index in [1.807, 2.05) is 0 Å². The molecule has 1 N–H and O–H groups in total. The molecule has 0 aromatic rings. The maximum absolute atomic E-state index is 9.11. The van der Waals surface area contributed by atoms with Crippen molar-refractivity contribution in [1.29, 1.82) is 0 Å². The Balaban J connectivity index is 2.50. The molecule has 0 saturated carbocycles. The Morgan fingerprint density at radius 2 is 2.50 bits per heavy atom. The molecule has 0 aromatic heterocycles. The van der Waals surface area contributed by atoms with Crippen molar-refractivity contribution in [2.24, 2.45) is 0 Å². The third-order valence-electron chi connectivity index (χ3n) is 1.28. The number of aliphatic hydroxyl groups is 1. The zero-order valence-electron chi connectivity index (χ0n) is 5.02. The predicted molar refractivity (Wildman–Crippen MR) is 44.6 cm³/mol. The lowest BCUT2D eigenvalue weighted by Crippen LogP contribution is -2.05. The van der Waals surface area contributed by atoms with Crippen molar-refractivity contribution in [1.82, 2.24) is 0 Å². The lowest BCUT2D eigenvalue weighted by atomic mass is 10.2. The predicted octanol–water partition coefficient (Wildman–Crippen LogP) is 1.65. The minimum Gasteiger partial charge on any atom is -0.383 e. The molecule has 0 amide bonds. The molecule has 1 aliphatic rings. The molecular weight excluding hydrogens is 215 g/mol. The molecule has 0 saturated heterocycles. The van der Waals surface area contributed by atoms with E-state index in [4.69, 9.17) is 5.11 Å². The number of hydrogen-bond acceptors (Lipinski definition) is 1. The van der Waals surface area contributed by atoms with E-state index < -0.39 is 0 Å². The fraction of sp³-hybridized carbons (Fsp3) is 0.833. The van der Waals surface area contributed by atoms with Crippen LogP contribution < -0.4 is 0 Å². The van der Waals surface area contributed by atoms with Crippen LogP contribution in [0.15, 0.2) is 0 Å². The van der Waals surface area contributed by atoms with Gasteiger partial charge in [0.25, 0.3) is 0 Å². The van der Waals surface area contributed by atoms with Crippen molar-refractivity contribution >= 4 is 24.2 Å². The van der Waals surface area contributed by atoms with Crippen molar-refractivity contribution < 1.29 is 5.11 Å². The maximum Gasteiger partial charge on any atom is 0.100 e. The molecule has 48 valence electrons. The summed E-state index contributed by atoms with van der Waals surface area (Å²) in [6.45, 7) is 2.18. The summed E-state index contributed by atoms with van der Waals surface area (Å²) < 4.78 is 1.66. The van der Waals surface area contributed by atoms with E-state index in [0.29, 0.717) is 0 Å². The molecule has 0 fully saturated rings. The standard InChI is InChI=1S/C6H11IO/c1-5-3-2-4-6(8)7-5/h6,8H,2-4H2,1H3. The minimum atomic E-state index is 0.0614. The third kappa shape index (κ3) is 1.82. The smallest absolute Gasteiger partial charge is 0.100 e. The van der Waals surface area contributed by atoms with Crippen molar-refractivity contribution in [3.8, 4) is 0 Å². The van der Waals surface area contributed by atoms with Gasteiger partial charge in [-0.1, -0.05) is 20.7 Å². The van der Waals surface area contributed by atoms with Crippen LogP contribution in [0.2, 0.25) is 0 Å². The van der Waals surface area contributed by atoms with Gasteiger partial charge in [0.05, 0.1) is 0 Å². The SMILES string of the molecule is CC1=IC(O)CCC1. The molecule has 1 nitrogen and oxygen atoms in total. The third-order valence-corrected chi connectivity index (χ3v) is 4.22. The Bertz CT molecular complexity index is 109. The van der Waals surface area contributed by atoms with E-state index in [1.165, 1.54) is 12.8 Å². The van der Waals surface area contributed by atoms with Gasteiger partial charge in [-0.2, -0.15) is 0 Å². The van der Waals surface area contributed by atoms with Gasteiger partial charge >= 0.3 is 0 Å². The van der Waals surface area contributed by atoms with Gasteiger partial charge in [0.2, 0.25) is 0 Å². The number of halogens is 1. The summed E-state index contributed by atoms with van der Waals surface area (Å²) in [4.78, 5) is 0. The zero-order chi connectivity index (χ0) is 5.98. The first kappa shape index (κ1) is 6.68. The molecule has 1 unspecified atom stereocenters. The normalized spacial score (nSPS) is 30.8. The quantitative estimate of drug-likeness (QED) is 0.491. The van der Waals surface area contributed by atoms with Gasteiger partial charge in [-0.25, -0.2) is 0 Å². The number of aliphatic hydroxyl groups excluding tert-OH is 1. The van der Waals surface area contributed by atoms with Crippen molar-refractivity contribution in [2.75, 3.05) is 0 Å². The fourth-order valence-corrected chi connectivity index (χ4v) is 3.51. The van der Waals surface area contributed by atoms with E-state index in [2.05, 4.69) is 6.92 Å². The first-order valence-electron chi connectivity index (χ1n) is 2.93. The van der Waals surface area contributed by atoms with Gasteiger partial charge in [0.1, 0.15) is 4.11 Å².